The average Bonchev–Trinajstić information content (AvgIpc) is 2.13. The minimum Gasteiger partial charge on any atom is -0.459 e. The third-order valence-electron chi connectivity index (χ3n) is 1.11. The van der Waals surface area contributed by atoms with Gasteiger partial charge in [0.15, 0.2) is 0 Å². The highest BCUT2D eigenvalue weighted by Gasteiger charge is 2.07. The first-order valence-electron chi connectivity index (χ1n) is 3.72. The monoisotopic (exact) mass is 184 g/mol. The van der Waals surface area contributed by atoms with Gasteiger partial charge in [-0.25, -0.2) is 9.59 Å². The van der Waals surface area contributed by atoms with Crippen LogP contribution in [-0.2, 0) is 19.1 Å². The summed E-state index contributed by atoms with van der Waals surface area (Å²) < 4.78 is 9.36. The van der Waals surface area contributed by atoms with E-state index in [1.807, 2.05) is 0 Å². The second-order valence-corrected chi connectivity index (χ2v) is 2.29. The van der Waals surface area contributed by atoms with Gasteiger partial charge in [-0.1, -0.05) is 13.2 Å². The van der Waals surface area contributed by atoms with Gasteiger partial charge < -0.3 is 9.47 Å². The van der Waals surface area contributed by atoms with Crippen molar-refractivity contribution in [3.8, 4) is 0 Å². The van der Waals surface area contributed by atoms with E-state index in [1.54, 1.807) is 6.92 Å². The van der Waals surface area contributed by atoms with Crippen LogP contribution < -0.4 is 0 Å². The molecule has 0 radical (unpaired) electrons. The average molecular weight is 184 g/mol. The lowest BCUT2D eigenvalue weighted by Gasteiger charge is -2.10. The van der Waals surface area contributed by atoms with E-state index < -0.39 is 18.0 Å². The first-order chi connectivity index (χ1) is 6.10. The molecule has 0 heterocycles. The Hall–Kier alpha value is -1.58. The first kappa shape index (κ1) is 11.4. The fourth-order valence-electron chi connectivity index (χ4n) is 0.539. The molecule has 1 atom stereocenters. The maximum atomic E-state index is 10.6. The molecule has 0 aromatic heterocycles. The van der Waals surface area contributed by atoms with Crippen LogP contribution in [0.2, 0.25) is 0 Å². The van der Waals surface area contributed by atoms with Crippen molar-refractivity contribution in [2.75, 3.05) is 6.61 Å². The fourth-order valence-corrected chi connectivity index (χ4v) is 0.539. The summed E-state index contributed by atoms with van der Waals surface area (Å²) in [6.45, 7) is 8.07. The summed E-state index contributed by atoms with van der Waals surface area (Å²) in [7, 11) is 0. The van der Waals surface area contributed by atoms with Crippen LogP contribution >= 0.6 is 0 Å². The zero-order valence-electron chi connectivity index (χ0n) is 7.49. The molecule has 0 bridgehead atoms. The Morgan fingerprint density at radius 2 is 1.85 bits per heavy atom. The predicted octanol–water partition coefficient (Wildman–Crippen LogP) is 0.833. The SMILES string of the molecule is C=CC(=O)OCC(C)OC(=O)C=C. The Labute approximate surface area is 76.8 Å². The highest BCUT2D eigenvalue weighted by Crippen LogP contribution is 1.94. The highest BCUT2D eigenvalue weighted by atomic mass is 16.6. The fraction of sp³-hybridized carbons (Fsp3) is 0.333. The number of ether oxygens (including phenoxy) is 2. The molecule has 0 saturated heterocycles. The lowest BCUT2D eigenvalue weighted by Crippen LogP contribution is -2.20. The van der Waals surface area contributed by atoms with Crippen molar-refractivity contribution in [1.29, 1.82) is 0 Å². The summed E-state index contributed by atoms with van der Waals surface area (Å²) in [6, 6.07) is 0. The van der Waals surface area contributed by atoms with Crippen LogP contribution in [0.5, 0.6) is 0 Å². The van der Waals surface area contributed by atoms with Gasteiger partial charge in [0.25, 0.3) is 0 Å². The molecule has 0 N–H and O–H groups in total. The molecule has 0 aliphatic carbocycles. The number of hydrogen-bond acceptors (Lipinski definition) is 4. The summed E-state index contributed by atoms with van der Waals surface area (Å²) >= 11 is 0. The van der Waals surface area contributed by atoms with Crippen LogP contribution in [0.4, 0.5) is 0 Å². The minimum atomic E-state index is -0.540. The topological polar surface area (TPSA) is 52.6 Å². The van der Waals surface area contributed by atoms with Gasteiger partial charge in [0.1, 0.15) is 12.7 Å². The van der Waals surface area contributed by atoms with Crippen LogP contribution in [0, 0.1) is 0 Å². The van der Waals surface area contributed by atoms with E-state index in [2.05, 4.69) is 17.9 Å². The van der Waals surface area contributed by atoms with Crippen molar-refractivity contribution >= 4 is 11.9 Å². The van der Waals surface area contributed by atoms with Crippen LogP contribution in [0.15, 0.2) is 25.3 Å². The van der Waals surface area contributed by atoms with Crippen LogP contribution in [0.1, 0.15) is 6.92 Å². The summed E-state index contributed by atoms with van der Waals surface area (Å²) in [4.78, 5) is 21.2. The highest BCUT2D eigenvalue weighted by molar-refractivity contribution is 5.82. The Balaban J connectivity index is 3.68. The van der Waals surface area contributed by atoms with Crippen molar-refractivity contribution in [2.45, 2.75) is 13.0 Å². The Kier molecular flexibility index (Phi) is 5.27. The van der Waals surface area contributed by atoms with Crippen molar-refractivity contribution in [1.82, 2.24) is 0 Å². The van der Waals surface area contributed by atoms with E-state index in [0.717, 1.165) is 12.2 Å². The van der Waals surface area contributed by atoms with E-state index in [4.69, 9.17) is 4.74 Å². The summed E-state index contributed by atoms with van der Waals surface area (Å²) in [5, 5.41) is 0. The van der Waals surface area contributed by atoms with Gasteiger partial charge >= 0.3 is 11.9 Å². The van der Waals surface area contributed by atoms with Crippen LogP contribution in [0.25, 0.3) is 0 Å². The van der Waals surface area contributed by atoms with Gasteiger partial charge in [0.2, 0.25) is 0 Å². The maximum absolute atomic E-state index is 10.6. The molecular weight excluding hydrogens is 172 g/mol. The molecule has 0 amide bonds. The summed E-state index contributed by atoms with van der Waals surface area (Å²) in [5.74, 6) is -1.08. The molecule has 0 spiro atoms. The van der Waals surface area contributed by atoms with E-state index in [0.29, 0.717) is 0 Å². The number of carbonyl (C=O) groups is 2. The smallest absolute Gasteiger partial charge is 0.330 e. The lowest BCUT2D eigenvalue weighted by molar-refractivity contribution is -0.151. The quantitative estimate of drug-likeness (QED) is 0.469. The number of rotatable bonds is 5. The summed E-state index contributed by atoms with van der Waals surface area (Å²) in [5.41, 5.74) is 0. The summed E-state index contributed by atoms with van der Waals surface area (Å²) in [6.07, 6.45) is 1.61. The molecule has 0 aromatic rings. The molecule has 4 heteroatoms. The second kappa shape index (κ2) is 5.99. The van der Waals surface area contributed by atoms with E-state index in [-0.39, 0.29) is 6.61 Å². The molecule has 1 unspecified atom stereocenters. The zero-order valence-corrected chi connectivity index (χ0v) is 7.49. The second-order valence-electron chi connectivity index (χ2n) is 2.29. The molecule has 0 aliphatic rings. The standard InChI is InChI=1S/C9H12O4/c1-4-8(10)12-6-7(3)13-9(11)5-2/h4-5,7H,1-2,6H2,3H3. The molecule has 4 nitrogen and oxygen atoms in total. The number of esters is 2. The van der Waals surface area contributed by atoms with Crippen molar-refractivity contribution in [3.63, 3.8) is 0 Å². The maximum Gasteiger partial charge on any atom is 0.330 e. The Morgan fingerprint density at radius 1 is 1.31 bits per heavy atom. The molecule has 0 aliphatic heterocycles. The van der Waals surface area contributed by atoms with Crippen molar-refractivity contribution in [3.05, 3.63) is 25.3 Å². The Bertz CT molecular complexity index is 220. The largest absolute Gasteiger partial charge is 0.459 e. The molecule has 72 valence electrons. The van der Waals surface area contributed by atoms with Gasteiger partial charge in [-0.2, -0.15) is 0 Å². The van der Waals surface area contributed by atoms with Gasteiger partial charge in [-0.05, 0) is 6.92 Å². The Morgan fingerprint density at radius 3 is 2.31 bits per heavy atom. The molecular formula is C9H12O4. The zero-order chi connectivity index (χ0) is 10.3. The molecule has 0 aromatic carbocycles. The van der Waals surface area contributed by atoms with Crippen molar-refractivity contribution < 1.29 is 19.1 Å². The first-order valence-corrected chi connectivity index (χ1v) is 3.72. The predicted molar refractivity (Wildman–Crippen MR) is 46.9 cm³/mol. The third-order valence-corrected chi connectivity index (χ3v) is 1.11. The lowest BCUT2D eigenvalue weighted by atomic mass is 10.4. The van der Waals surface area contributed by atoms with E-state index in [1.165, 1.54) is 0 Å². The molecule has 0 saturated carbocycles. The van der Waals surface area contributed by atoms with Gasteiger partial charge in [-0.15, -0.1) is 0 Å². The van der Waals surface area contributed by atoms with Crippen LogP contribution in [-0.4, -0.2) is 24.6 Å². The van der Waals surface area contributed by atoms with E-state index >= 15 is 0 Å². The molecule has 0 fully saturated rings. The normalized spacial score (nSPS) is 11.2. The minimum absolute atomic E-state index is 0.0183. The molecule has 0 rings (SSSR count). The van der Waals surface area contributed by atoms with Crippen LogP contribution in [0.3, 0.4) is 0 Å². The molecule has 13 heavy (non-hydrogen) atoms. The van der Waals surface area contributed by atoms with Gasteiger partial charge in [0.05, 0.1) is 0 Å². The van der Waals surface area contributed by atoms with Gasteiger partial charge in [-0.3, -0.25) is 0 Å². The van der Waals surface area contributed by atoms with E-state index in [9.17, 15) is 9.59 Å². The van der Waals surface area contributed by atoms with Gasteiger partial charge in [0, 0.05) is 12.2 Å². The van der Waals surface area contributed by atoms with Crippen molar-refractivity contribution in [2.24, 2.45) is 0 Å². The number of carbonyl (C=O) groups excluding carboxylic acids is 2. The number of hydrogen-bond donors (Lipinski definition) is 0. The third kappa shape index (κ3) is 5.66.